The van der Waals surface area contributed by atoms with Gasteiger partial charge in [0, 0.05) is 36.6 Å². The van der Waals surface area contributed by atoms with Crippen LogP contribution in [0.2, 0.25) is 0 Å². The first-order valence-electron chi connectivity index (χ1n) is 12.0. The van der Waals surface area contributed by atoms with E-state index in [1.165, 1.54) is 23.1 Å². The molecule has 3 aromatic rings. The number of unbranched alkanes of at least 4 members (excludes halogenated alkanes) is 1. The second-order valence-electron chi connectivity index (χ2n) is 8.82. The van der Waals surface area contributed by atoms with Crippen LogP contribution in [0.25, 0.3) is 5.76 Å². The highest BCUT2D eigenvalue weighted by atomic mass is 16.6. The lowest BCUT2D eigenvalue weighted by molar-refractivity contribution is -0.384. The van der Waals surface area contributed by atoms with Crippen LogP contribution in [0.4, 0.5) is 5.69 Å². The summed E-state index contributed by atoms with van der Waals surface area (Å²) in [6, 6.07) is 13.3. The number of nitrogens with zero attached hydrogens (tertiary/aromatic N) is 3. The number of hydrogen-bond donors (Lipinski definition) is 1. The van der Waals surface area contributed by atoms with Gasteiger partial charge in [0.1, 0.15) is 11.5 Å². The number of hydrogen-bond acceptors (Lipinski definition) is 7. The van der Waals surface area contributed by atoms with E-state index in [2.05, 4.69) is 11.9 Å². The van der Waals surface area contributed by atoms with Crippen LogP contribution < -0.4 is 4.74 Å². The molecule has 1 N–H and O–H groups in total. The summed E-state index contributed by atoms with van der Waals surface area (Å²) in [7, 11) is 0. The van der Waals surface area contributed by atoms with E-state index in [-0.39, 0.29) is 23.6 Å². The van der Waals surface area contributed by atoms with Crippen molar-refractivity contribution in [3.05, 3.63) is 105 Å². The highest BCUT2D eigenvalue weighted by Crippen LogP contribution is 2.41. The summed E-state index contributed by atoms with van der Waals surface area (Å²) in [6.45, 7) is 4.44. The van der Waals surface area contributed by atoms with Crippen LogP contribution in [-0.2, 0) is 16.1 Å². The van der Waals surface area contributed by atoms with Gasteiger partial charge in [-0.1, -0.05) is 31.5 Å². The zero-order valence-corrected chi connectivity index (χ0v) is 20.6. The molecule has 0 radical (unpaired) electrons. The molecule has 4 rings (SSSR count). The number of rotatable bonds is 9. The predicted octanol–water partition coefficient (Wildman–Crippen LogP) is 5.10. The number of nitro benzene ring substituents is 1. The molecule has 1 aromatic heterocycles. The Morgan fingerprint density at radius 1 is 1.16 bits per heavy atom. The van der Waals surface area contributed by atoms with Crippen LogP contribution in [0.1, 0.15) is 48.1 Å². The monoisotopic (exact) mass is 501 g/mol. The first kappa shape index (κ1) is 25.6. The van der Waals surface area contributed by atoms with Gasteiger partial charge in [-0.25, -0.2) is 0 Å². The fraction of sp³-hybridized carbons (Fsp3) is 0.250. The number of likely N-dealkylation sites (tertiary alicyclic amines) is 1. The number of Topliss-reactive ketones (excluding diaryl/α,β-unsaturated/α-hetero) is 1. The maximum atomic E-state index is 13.3. The number of aliphatic hydroxyl groups is 1. The van der Waals surface area contributed by atoms with E-state index in [9.17, 15) is 24.8 Å². The lowest BCUT2D eigenvalue weighted by Gasteiger charge is -2.25. The number of carbonyl (C=O) groups is 2. The smallest absolute Gasteiger partial charge is 0.295 e. The van der Waals surface area contributed by atoms with Crippen LogP contribution in [0.3, 0.4) is 0 Å². The number of non-ortho nitro benzene ring substituents is 1. The third-order valence-corrected chi connectivity index (χ3v) is 6.23. The third-order valence-electron chi connectivity index (χ3n) is 6.23. The molecule has 1 aliphatic rings. The zero-order valence-electron chi connectivity index (χ0n) is 20.6. The molecule has 37 heavy (non-hydrogen) atoms. The van der Waals surface area contributed by atoms with Crippen molar-refractivity contribution >= 4 is 23.1 Å². The van der Waals surface area contributed by atoms with E-state index in [1.807, 2.05) is 0 Å². The van der Waals surface area contributed by atoms with E-state index in [0.29, 0.717) is 34.6 Å². The van der Waals surface area contributed by atoms with Gasteiger partial charge in [0.2, 0.25) is 0 Å². The Hall–Kier alpha value is -4.53. The molecular weight excluding hydrogens is 474 g/mol. The average Bonchev–Trinajstić information content (AvgIpc) is 3.14. The Morgan fingerprint density at radius 3 is 2.65 bits per heavy atom. The van der Waals surface area contributed by atoms with Crippen molar-refractivity contribution in [2.75, 3.05) is 6.61 Å². The van der Waals surface area contributed by atoms with Gasteiger partial charge in [0.25, 0.3) is 17.4 Å². The molecule has 190 valence electrons. The number of ether oxygens (including phenoxy) is 1. The van der Waals surface area contributed by atoms with Crippen molar-refractivity contribution in [1.29, 1.82) is 0 Å². The first-order chi connectivity index (χ1) is 17.8. The number of aliphatic hydroxyl groups excluding tert-OH is 1. The Kier molecular flexibility index (Phi) is 7.62. The second kappa shape index (κ2) is 11.0. The van der Waals surface area contributed by atoms with E-state index < -0.39 is 22.7 Å². The number of amides is 1. The second-order valence-corrected chi connectivity index (χ2v) is 8.82. The summed E-state index contributed by atoms with van der Waals surface area (Å²) in [4.78, 5) is 42.8. The average molecular weight is 502 g/mol. The third kappa shape index (κ3) is 5.35. The van der Waals surface area contributed by atoms with Gasteiger partial charge in [-0.3, -0.25) is 24.7 Å². The summed E-state index contributed by atoms with van der Waals surface area (Å²) in [6.07, 6.45) is 5.07. The van der Waals surface area contributed by atoms with E-state index in [1.54, 1.807) is 55.7 Å². The van der Waals surface area contributed by atoms with Gasteiger partial charge in [-0.2, -0.15) is 0 Å². The molecule has 1 saturated heterocycles. The number of aryl methyl sites for hydroxylation is 1. The minimum absolute atomic E-state index is 0.0335. The summed E-state index contributed by atoms with van der Waals surface area (Å²) in [5, 5.41) is 22.8. The Balaban J connectivity index is 1.82. The predicted molar refractivity (Wildman–Crippen MR) is 137 cm³/mol. The fourth-order valence-electron chi connectivity index (χ4n) is 4.36. The van der Waals surface area contributed by atoms with Crippen LogP contribution >= 0.6 is 0 Å². The van der Waals surface area contributed by atoms with E-state index in [0.717, 1.165) is 12.8 Å². The molecule has 2 heterocycles. The SMILES string of the molecule is CCCCOc1ccc(/C(O)=C2\C(=O)C(=O)N(Cc3cccnc3)C2c2cccc([N+](=O)[O-])c2)c(C)c1. The number of aromatic nitrogens is 1. The maximum Gasteiger partial charge on any atom is 0.295 e. The summed E-state index contributed by atoms with van der Waals surface area (Å²) in [5.41, 5.74) is 1.73. The van der Waals surface area contributed by atoms with Crippen molar-refractivity contribution in [1.82, 2.24) is 9.88 Å². The number of nitro groups is 1. The molecule has 9 heteroatoms. The summed E-state index contributed by atoms with van der Waals surface area (Å²) < 4.78 is 5.74. The quantitative estimate of drug-likeness (QED) is 0.108. The highest BCUT2D eigenvalue weighted by molar-refractivity contribution is 6.46. The van der Waals surface area contributed by atoms with Gasteiger partial charge in [-0.05, 0) is 54.3 Å². The molecule has 1 atom stereocenters. The molecule has 1 unspecified atom stereocenters. The fourth-order valence-corrected chi connectivity index (χ4v) is 4.36. The van der Waals surface area contributed by atoms with Crippen molar-refractivity contribution < 1.29 is 24.4 Å². The van der Waals surface area contributed by atoms with Crippen molar-refractivity contribution in [3.8, 4) is 5.75 Å². The van der Waals surface area contributed by atoms with Gasteiger partial charge in [-0.15, -0.1) is 0 Å². The number of ketones is 1. The lowest BCUT2D eigenvalue weighted by Crippen LogP contribution is -2.29. The highest BCUT2D eigenvalue weighted by Gasteiger charge is 2.46. The van der Waals surface area contributed by atoms with Gasteiger partial charge in [0.15, 0.2) is 0 Å². The van der Waals surface area contributed by atoms with Crippen LogP contribution in [0.5, 0.6) is 5.75 Å². The molecule has 1 amide bonds. The van der Waals surface area contributed by atoms with Gasteiger partial charge >= 0.3 is 0 Å². The Bertz CT molecular complexity index is 1370. The molecule has 2 aromatic carbocycles. The molecule has 0 saturated carbocycles. The normalized spacial score (nSPS) is 16.7. The Morgan fingerprint density at radius 2 is 1.97 bits per heavy atom. The molecule has 9 nitrogen and oxygen atoms in total. The molecule has 1 fully saturated rings. The molecule has 1 aliphatic heterocycles. The van der Waals surface area contributed by atoms with E-state index in [4.69, 9.17) is 4.74 Å². The number of benzene rings is 2. The van der Waals surface area contributed by atoms with Crippen LogP contribution in [-0.4, -0.2) is 38.2 Å². The number of pyridine rings is 1. The van der Waals surface area contributed by atoms with E-state index >= 15 is 0 Å². The Labute approximate surface area is 214 Å². The summed E-state index contributed by atoms with van der Waals surface area (Å²) >= 11 is 0. The standard InChI is InChI=1S/C28H27N3O6/c1-3-4-13-37-22-10-11-23(18(2)14-22)26(32)24-25(20-8-5-9-21(15-20)31(35)36)30(28(34)27(24)33)17-19-7-6-12-29-16-19/h5-12,14-16,25,32H,3-4,13,17H2,1-2H3/b26-24+. The molecule has 0 bridgehead atoms. The lowest BCUT2D eigenvalue weighted by atomic mass is 9.93. The number of carbonyl (C=O) groups excluding carboxylic acids is 2. The summed E-state index contributed by atoms with van der Waals surface area (Å²) in [5.74, 6) is -1.38. The molecule has 0 aliphatic carbocycles. The minimum Gasteiger partial charge on any atom is -0.507 e. The zero-order chi connectivity index (χ0) is 26.5. The van der Waals surface area contributed by atoms with Crippen LogP contribution in [0, 0.1) is 17.0 Å². The largest absolute Gasteiger partial charge is 0.507 e. The topological polar surface area (TPSA) is 123 Å². The van der Waals surface area contributed by atoms with Crippen molar-refractivity contribution in [2.24, 2.45) is 0 Å². The molecule has 0 spiro atoms. The van der Waals surface area contributed by atoms with Gasteiger partial charge in [0.05, 0.1) is 23.1 Å². The van der Waals surface area contributed by atoms with Crippen molar-refractivity contribution in [2.45, 2.75) is 39.3 Å². The minimum atomic E-state index is -1.03. The van der Waals surface area contributed by atoms with Crippen LogP contribution in [0.15, 0.2) is 72.6 Å². The maximum absolute atomic E-state index is 13.3. The van der Waals surface area contributed by atoms with Crippen molar-refractivity contribution in [3.63, 3.8) is 0 Å². The molecular formula is C28H27N3O6. The first-order valence-corrected chi connectivity index (χ1v) is 12.0. The van der Waals surface area contributed by atoms with Gasteiger partial charge < -0.3 is 14.7 Å².